The van der Waals surface area contributed by atoms with E-state index in [0.717, 1.165) is 22.6 Å². The van der Waals surface area contributed by atoms with Crippen LogP contribution in [0.1, 0.15) is 22.5 Å². The Morgan fingerprint density at radius 3 is 2.70 bits per heavy atom. The SMILES string of the molecule is Cc1ccc(-c2csc(NC(=O)CSc3nnc(COc4cccc(C)c4C)n3C)n2)cc1. The van der Waals surface area contributed by atoms with E-state index in [9.17, 15) is 4.79 Å². The predicted octanol–water partition coefficient (Wildman–Crippen LogP) is 5.17. The Morgan fingerprint density at radius 2 is 1.91 bits per heavy atom. The van der Waals surface area contributed by atoms with Crippen LogP contribution in [0.5, 0.6) is 5.75 Å². The van der Waals surface area contributed by atoms with E-state index in [1.807, 2.05) is 67.2 Å². The fourth-order valence-electron chi connectivity index (χ4n) is 3.09. The van der Waals surface area contributed by atoms with E-state index in [1.165, 1.54) is 34.2 Å². The van der Waals surface area contributed by atoms with Crippen molar-refractivity contribution in [2.45, 2.75) is 32.5 Å². The van der Waals surface area contributed by atoms with E-state index >= 15 is 0 Å². The van der Waals surface area contributed by atoms with Crippen molar-refractivity contribution >= 4 is 34.1 Å². The van der Waals surface area contributed by atoms with Gasteiger partial charge in [0, 0.05) is 18.0 Å². The summed E-state index contributed by atoms with van der Waals surface area (Å²) in [6, 6.07) is 14.1. The van der Waals surface area contributed by atoms with Gasteiger partial charge in [-0.1, -0.05) is 53.7 Å². The summed E-state index contributed by atoms with van der Waals surface area (Å²) >= 11 is 2.74. The number of amides is 1. The van der Waals surface area contributed by atoms with Crippen molar-refractivity contribution in [3.05, 3.63) is 70.4 Å². The molecular formula is C24H25N5O2S2. The van der Waals surface area contributed by atoms with E-state index < -0.39 is 0 Å². The molecule has 2 heterocycles. The molecule has 2 aromatic carbocycles. The summed E-state index contributed by atoms with van der Waals surface area (Å²) in [4.78, 5) is 16.9. The van der Waals surface area contributed by atoms with Gasteiger partial charge in [-0.2, -0.15) is 0 Å². The van der Waals surface area contributed by atoms with Crippen molar-refractivity contribution in [2.75, 3.05) is 11.1 Å². The lowest BCUT2D eigenvalue weighted by Crippen LogP contribution is -2.14. The highest BCUT2D eigenvalue weighted by molar-refractivity contribution is 7.99. The zero-order chi connectivity index (χ0) is 23.4. The molecule has 170 valence electrons. The number of carbonyl (C=O) groups is 1. The van der Waals surface area contributed by atoms with Crippen LogP contribution in [-0.4, -0.2) is 31.4 Å². The van der Waals surface area contributed by atoms with Crippen molar-refractivity contribution in [3.8, 4) is 17.0 Å². The van der Waals surface area contributed by atoms with Crippen LogP contribution < -0.4 is 10.1 Å². The number of aryl methyl sites for hydroxylation is 2. The Hall–Kier alpha value is -3.17. The number of nitrogens with one attached hydrogen (secondary N) is 1. The molecule has 0 saturated carbocycles. The summed E-state index contributed by atoms with van der Waals surface area (Å²) in [7, 11) is 1.87. The van der Waals surface area contributed by atoms with Crippen molar-refractivity contribution in [3.63, 3.8) is 0 Å². The highest BCUT2D eigenvalue weighted by Crippen LogP contribution is 2.26. The molecule has 33 heavy (non-hydrogen) atoms. The van der Waals surface area contributed by atoms with Crippen LogP contribution >= 0.6 is 23.1 Å². The molecule has 0 aliphatic heterocycles. The van der Waals surface area contributed by atoms with Gasteiger partial charge in [0.1, 0.15) is 12.4 Å². The van der Waals surface area contributed by atoms with Gasteiger partial charge in [0.15, 0.2) is 16.1 Å². The standard InChI is InChI=1S/C24H25N5O2S2/c1-15-8-10-18(11-9-15)19-13-32-23(25-19)26-22(30)14-33-24-28-27-21(29(24)4)12-31-20-7-5-6-16(2)17(20)3/h5-11,13H,12,14H2,1-4H3,(H,25,26,30). The first kappa shape index (κ1) is 23.0. The topological polar surface area (TPSA) is 81.9 Å². The Kier molecular flexibility index (Phi) is 7.10. The van der Waals surface area contributed by atoms with E-state index in [1.54, 1.807) is 0 Å². The van der Waals surface area contributed by atoms with Crippen molar-refractivity contribution in [1.29, 1.82) is 0 Å². The van der Waals surface area contributed by atoms with Gasteiger partial charge in [0.25, 0.3) is 0 Å². The number of aromatic nitrogens is 4. The van der Waals surface area contributed by atoms with Gasteiger partial charge >= 0.3 is 0 Å². The first-order valence-electron chi connectivity index (χ1n) is 10.4. The summed E-state index contributed by atoms with van der Waals surface area (Å²) in [5.41, 5.74) is 5.37. The lowest BCUT2D eigenvalue weighted by molar-refractivity contribution is -0.113. The van der Waals surface area contributed by atoms with Gasteiger partial charge in [-0.3, -0.25) is 4.79 Å². The van der Waals surface area contributed by atoms with Gasteiger partial charge in [-0.25, -0.2) is 4.98 Å². The fraction of sp³-hybridized carbons (Fsp3) is 0.250. The summed E-state index contributed by atoms with van der Waals surface area (Å²) in [5.74, 6) is 1.60. The molecule has 1 N–H and O–H groups in total. The minimum Gasteiger partial charge on any atom is -0.485 e. The highest BCUT2D eigenvalue weighted by atomic mass is 32.2. The molecule has 9 heteroatoms. The van der Waals surface area contributed by atoms with Gasteiger partial charge in [0.2, 0.25) is 5.91 Å². The Bertz CT molecular complexity index is 1260. The predicted molar refractivity (Wildman–Crippen MR) is 133 cm³/mol. The molecular weight excluding hydrogens is 454 g/mol. The summed E-state index contributed by atoms with van der Waals surface area (Å²) in [6.07, 6.45) is 0. The van der Waals surface area contributed by atoms with E-state index in [4.69, 9.17) is 4.74 Å². The van der Waals surface area contributed by atoms with Gasteiger partial charge in [-0.15, -0.1) is 21.5 Å². The van der Waals surface area contributed by atoms with Crippen molar-refractivity contribution in [1.82, 2.24) is 19.7 Å². The average Bonchev–Trinajstić information content (AvgIpc) is 3.40. The second-order valence-electron chi connectivity index (χ2n) is 7.69. The van der Waals surface area contributed by atoms with Crippen LogP contribution in [0.4, 0.5) is 5.13 Å². The number of hydrogen-bond donors (Lipinski definition) is 1. The molecule has 0 spiro atoms. The molecule has 4 aromatic rings. The molecule has 7 nitrogen and oxygen atoms in total. The largest absolute Gasteiger partial charge is 0.485 e. The molecule has 1 amide bonds. The van der Waals surface area contributed by atoms with Crippen molar-refractivity contribution < 1.29 is 9.53 Å². The van der Waals surface area contributed by atoms with E-state index in [0.29, 0.717) is 22.7 Å². The zero-order valence-electron chi connectivity index (χ0n) is 19.0. The second-order valence-corrected chi connectivity index (χ2v) is 9.49. The quantitative estimate of drug-likeness (QED) is 0.351. The van der Waals surface area contributed by atoms with Crippen LogP contribution in [0, 0.1) is 20.8 Å². The number of rotatable bonds is 8. The Labute approximate surface area is 201 Å². The molecule has 0 aliphatic carbocycles. The molecule has 0 atom stereocenters. The number of hydrogen-bond acceptors (Lipinski definition) is 7. The highest BCUT2D eigenvalue weighted by Gasteiger charge is 2.14. The first-order valence-corrected chi connectivity index (χ1v) is 12.3. The number of thiazole rings is 1. The number of thioether (sulfide) groups is 1. The van der Waals surface area contributed by atoms with Gasteiger partial charge in [0.05, 0.1) is 11.4 Å². The first-order chi connectivity index (χ1) is 15.9. The summed E-state index contributed by atoms with van der Waals surface area (Å²) in [6.45, 7) is 6.44. The number of anilines is 1. The third-order valence-electron chi connectivity index (χ3n) is 5.27. The second kappa shape index (κ2) is 10.2. The van der Waals surface area contributed by atoms with Crippen molar-refractivity contribution in [2.24, 2.45) is 7.05 Å². The number of nitrogens with zero attached hydrogens (tertiary/aromatic N) is 4. The Morgan fingerprint density at radius 1 is 1.12 bits per heavy atom. The molecule has 0 radical (unpaired) electrons. The van der Waals surface area contributed by atoms with E-state index in [2.05, 4.69) is 33.5 Å². The van der Waals surface area contributed by atoms with Crippen LogP contribution in [0.15, 0.2) is 53.0 Å². The molecule has 0 unspecified atom stereocenters. The van der Waals surface area contributed by atoms with Gasteiger partial charge < -0.3 is 14.6 Å². The Balaban J connectivity index is 1.30. The molecule has 0 aliphatic rings. The lowest BCUT2D eigenvalue weighted by atomic mass is 10.1. The molecule has 0 saturated heterocycles. The van der Waals surface area contributed by atoms with E-state index in [-0.39, 0.29) is 11.7 Å². The number of carbonyl (C=O) groups excluding carboxylic acids is 1. The fourth-order valence-corrected chi connectivity index (χ4v) is 4.56. The van der Waals surface area contributed by atoms with Crippen LogP contribution in [-0.2, 0) is 18.4 Å². The maximum atomic E-state index is 12.4. The third kappa shape index (κ3) is 5.61. The van der Waals surface area contributed by atoms with Crippen LogP contribution in [0.3, 0.4) is 0 Å². The van der Waals surface area contributed by atoms with Crippen LogP contribution in [0.2, 0.25) is 0 Å². The molecule has 0 fully saturated rings. The monoisotopic (exact) mass is 479 g/mol. The summed E-state index contributed by atoms with van der Waals surface area (Å²) in [5, 5.41) is 14.5. The third-order valence-corrected chi connectivity index (χ3v) is 7.04. The minimum atomic E-state index is -0.138. The smallest absolute Gasteiger partial charge is 0.236 e. The minimum absolute atomic E-state index is 0.138. The van der Waals surface area contributed by atoms with Gasteiger partial charge in [-0.05, 0) is 38.0 Å². The summed E-state index contributed by atoms with van der Waals surface area (Å²) < 4.78 is 7.78. The normalized spacial score (nSPS) is 10.9. The number of benzene rings is 2. The lowest BCUT2D eigenvalue weighted by Gasteiger charge is -2.10. The zero-order valence-corrected chi connectivity index (χ0v) is 20.6. The maximum Gasteiger partial charge on any atom is 0.236 e. The molecule has 0 bridgehead atoms. The maximum absolute atomic E-state index is 12.4. The van der Waals surface area contributed by atoms with Crippen LogP contribution in [0.25, 0.3) is 11.3 Å². The molecule has 4 rings (SSSR count). The number of ether oxygens (including phenoxy) is 1. The average molecular weight is 480 g/mol. The molecule has 2 aromatic heterocycles.